The molecule has 0 spiro atoms. The Labute approximate surface area is 220 Å². The fourth-order valence-electron chi connectivity index (χ4n) is 5.00. The second-order valence-corrected chi connectivity index (χ2v) is 11.4. The Bertz CT molecular complexity index is 1270. The third kappa shape index (κ3) is 4.68. The van der Waals surface area contributed by atoms with Crippen LogP contribution in [-0.2, 0) is 15.8 Å². The summed E-state index contributed by atoms with van der Waals surface area (Å²) >= 11 is 1.50. The summed E-state index contributed by atoms with van der Waals surface area (Å²) in [5, 5.41) is 13.2. The average Bonchev–Trinajstić information content (AvgIpc) is 2.81. The van der Waals surface area contributed by atoms with Gasteiger partial charge in [-0.05, 0) is 66.8 Å². The van der Waals surface area contributed by atoms with Crippen LogP contribution in [0.3, 0.4) is 0 Å². The predicted molar refractivity (Wildman–Crippen MR) is 132 cm³/mol. The van der Waals surface area contributed by atoms with E-state index in [4.69, 9.17) is 4.74 Å². The highest BCUT2D eigenvalue weighted by molar-refractivity contribution is 7.99. The van der Waals surface area contributed by atoms with Gasteiger partial charge in [-0.3, -0.25) is 0 Å². The Morgan fingerprint density at radius 3 is 2.37 bits per heavy atom. The van der Waals surface area contributed by atoms with Gasteiger partial charge < -0.3 is 15.2 Å². The van der Waals surface area contributed by atoms with Crippen LogP contribution in [-0.4, -0.2) is 35.8 Å². The lowest BCUT2D eigenvalue weighted by Crippen LogP contribution is -2.54. The Balaban J connectivity index is 1.74. The van der Waals surface area contributed by atoms with Crippen LogP contribution >= 0.6 is 11.8 Å². The number of benzene rings is 2. The van der Waals surface area contributed by atoms with E-state index in [9.17, 15) is 36.2 Å². The molecule has 0 radical (unpaired) electrons. The first-order chi connectivity index (χ1) is 17.5. The largest absolute Gasteiger partial charge is 0.458 e. The summed E-state index contributed by atoms with van der Waals surface area (Å²) in [5.74, 6) is -0.213. The number of anilines is 1. The number of fused-ring (bicyclic) bond motifs is 4. The van der Waals surface area contributed by atoms with Gasteiger partial charge >= 0.3 is 18.3 Å². The molecule has 38 heavy (non-hydrogen) atoms. The van der Waals surface area contributed by atoms with Gasteiger partial charge in [-0.2, -0.15) is 26.3 Å². The standard InChI is InChI=1S/C27H27F6NO3S/c1-14(2)9-10-37-23(35)15-5-8-21-17(11-15)22-19(13-38-21)24(3,4)18-12-16(6-7-20(18)34-22)25(36,26(28,29)30)27(31,32)33/h5-9,11-12,19,22,34,36H,10,13H2,1-4H3. The molecule has 0 saturated carbocycles. The molecular weight excluding hydrogens is 532 g/mol. The fourth-order valence-corrected chi connectivity index (χ4v) is 6.48. The van der Waals surface area contributed by atoms with E-state index < -0.39 is 34.9 Å². The monoisotopic (exact) mass is 559 g/mol. The van der Waals surface area contributed by atoms with E-state index >= 15 is 0 Å². The summed E-state index contributed by atoms with van der Waals surface area (Å²) < 4.78 is 86.5. The first-order valence-electron chi connectivity index (χ1n) is 11.8. The van der Waals surface area contributed by atoms with Gasteiger partial charge in [0.05, 0.1) is 11.6 Å². The Morgan fingerprint density at radius 1 is 1.11 bits per heavy atom. The van der Waals surface area contributed by atoms with Crippen molar-refractivity contribution in [3.63, 3.8) is 0 Å². The molecule has 2 atom stereocenters. The summed E-state index contributed by atoms with van der Waals surface area (Å²) in [5.41, 5.74) is -4.41. The van der Waals surface area contributed by atoms with Gasteiger partial charge in [0.2, 0.25) is 0 Å². The van der Waals surface area contributed by atoms with Gasteiger partial charge in [0.25, 0.3) is 5.60 Å². The van der Waals surface area contributed by atoms with E-state index in [1.807, 2.05) is 19.9 Å². The quantitative estimate of drug-likeness (QED) is 0.234. The normalized spacial score (nSPS) is 20.4. The summed E-state index contributed by atoms with van der Waals surface area (Å²) in [6.45, 7) is 7.42. The number of hydrogen-bond acceptors (Lipinski definition) is 5. The van der Waals surface area contributed by atoms with Crippen molar-refractivity contribution in [3.05, 3.63) is 70.3 Å². The minimum atomic E-state index is -5.97. The molecule has 0 saturated heterocycles. The van der Waals surface area contributed by atoms with Gasteiger partial charge in [-0.25, -0.2) is 4.79 Å². The topological polar surface area (TPSA) is 58.6 Å². The van der Waals surface area contributed by atoms with Gasteiger partial charge in [0.15, 0.2) is 0 Å². The first-order valence-corrected chi connectivity index (χ1v) is 12.8. The maximum Gasteiger partial charge on any atom is 0.430 e. The van der Waals surface area contributed by atoms with Gasteiger partial charge in [-0.1, -0.05) is 25.5 Å². The second kappa shape index (κ2) is 9.51. The molecule has 0 fully saturated rings. The molecule has 2 N–H and O–H groups in total. The molecule has 0 amide bonds. The molecule has 0 aromatic heterocycles. The third-order valence-corrected chi connectivity index (χ3v) is 8.51. The van der Waals surface area contributed by atoms with E-state index in [0.29, 0.717) is 23.1 Å². The number of ether oxygens (including phenoxy) is 1. The van der Waals surface area contributed by atoms with E-state index in [2.05, 4.69) is 5.32 Å². The first kappa shape index (κ1) is 28.4. The molecule has 0 aliphatic carbocycles. The molecule has 2 unspecified atom stereocenters. The number of carbonyl (C=O) groups excluding carboxylic acids is 1. The molecule has 2 aromatic rings. The highest BCUT2D eigenvalue weighted by Gasteiger charge is 2.71. The van der Waals surface area contributed by atoms with Crippen LogP contribution in [0.15, 0.2) is 52.9 Å². The second-order valence-electron chi connectivity index (χ2n) is 10.4. The van der Waals surface area contributed by atoms with E-state index in [1.54, 1.807) is 32.1 Å². The van der Waals surface area contributed by atoms with Crippen molar-refractivity contribution in [2.45, 2.75) is 62.0 Å². The number of carbonyl (C=O) groups is 1. The van der Waals surface area contributed by atoms with Crippen LogP contribution in [0.25, 0.3) is 0 Å². The van der Waals surface area contributed by atoms with Crippen LogP contribution in [0.5, 0.6) is 0 Å². The van der Waals surface area contributed by atoms with Crippen molar-refractivity contribution in [1.29, 1.82) is 0 Å². The number of allylic oxidation sites excluding steroid dienone is 1. The van der Waals surface area contributed by atoms with Crippen LogP contribution < -0.4 is 5.32 Å². The Hall–Kier alpha value is -2.66. The van der Waals surface area contributed by atoms with Crippen molar-refractivity contribution in [2.24, 2.45) is 5.92 Å². The SMILES string of the molecule is CC(C)=CCOC(=O)c1ccc2c(c1)C1Nc3ccc(C(O)(C(F)(F)F)C(F)(F)F)cc3C(C)(C)C1CS2. The lowest BCUT2D eigenvalue weighted by molar-refractivity contribution is -0.376. The number of esters is 1. The van der Waals surface area contributed by atoms with E-state index in [0.717, 1.165) is 28.2 Å². The number of thioether (sulfide) groups is 1. The zero-order valence-corrected chi connectivity index (χ0v) is 21.9. The summed E-state index contributed by atoms with van der Waals surface area (Å²) in [6, 6.07) is 7.45. The number of hydrogen-bond donors (Lipinski definition) is 2. The number of rotatable bonds is 4. The molecule has 4 nitrogen and oxygen atoms in total. The van der Waals surface area contributed by atoms with Crippen molar-refractivity contribution < 1.29 is 41.0 Å². The van der Waals surface area contributed by atoms with Gasteiger partial charge in [0, 0.05) is 27.8 Å². The molecule has 2 aliphatic heterocycles. The number of halogens is 6. The van der Waals surface area contributed by atoms with Crippen LogP contribution in [0.2, 0.25) is 0 Å². The third-order valence-electron chi connectivity index (χ3n) is 7.30. The predicted octanol–water partition coefficient (Wildman–Crippen LogP) is 7.29. The highest BCUT2D eigenvalue weighted by Crippen LogP contribution is 2.56. The van der Waals surface area contributed by atoms with Gasteiger partial charge in [-0.15, -0.1) is 11.8 Å². The lowest BCUT2D eigenvalue weighted by Gasteiger charge is -2.49. The van der Waals surface area contributed by atoms with Crippen LogP contribution in [0, 0.1) is 5.92 Å². The maximum absolute atomic E-state index is 13.5. The van der Waals surface area contributed by atoms with Crippen molar-refractivity contribution >= 4 is 23.4 Å². The van der Waals surface area contributed by atoms with Crippen molar-refractivity contribution in [3.8, 4) is 0 Å². The summed E-state index contributed by atoms with van der Waals surface area (Å²) in [6.07, 6.45) is -10.2. The Morgan fingerprint density at radius 2 is 1.76 bits per heavy atom. The minimum absolute atomic E-state index is 0.127. The van der Waals surface area contributed by atoms with E-state index in [-0.39, 0.29) is 24.1 Å². The molecule has 4 rings (SSSR count). The summed E-state index contributed by atoms with van der Waals surface area (Å²) in [4.78, 5) is 13.5. The number of nitrogens with one attached hydrogen (secondary N) is 1. The fraction of sp³-hybridized carbons (Fsp3) is 0.444. The minimum Gasteiger partial charge on any atom is -0.458 e. The zero-order valence-electron chi connectivity index (χ0n) is 21.1. The van der Waals surface area contributed by atoms with Crippen molar-refractivity contribution in [2.75, 3.05) is 17.7 Å². The van der Waals surface area contributed by atoms with E-state index in [1.165, 1.54) is 11.8 Å². The van der Waals surface area contributed by atoms with Crippen LogP contribution in [0.4, 0.5) is 32.0 Å². The molecule has 206 valence electrons. The molecular formula is C27H27F6NO3S. The lowest BCUT2D eigenvalue weighted by atomic mass is 9.65. The van der Waals surface area contributed by atoms with Crippen molar-refractivity contribution in [1.82, 2.24) is 0 Å². The zero-order chi connectivity index (χ0) is 28.3. The molecule has 11 heteroatoms. The van der Waals surface area contributed by atoms with Crippen LogP contribution in [0.1, 0.15) is 60.8 Å². The molecule has 2 aromatic carbocycles. The molecule has 2 aliphatic rings. The smallest absolute Gasteiger partial charge is 0.430 e. The summed E-state index contributed by atoms with van der Waals surface area (Å²) in [7, 11) is 0. The highest BCUT2D eigenvalue weighted by atomic mass is 32.2. The Kier molecular flexibility index (Phi) is 7.10. The number of alkyl halides is 6. The van der Waals surface area contributed by atoms with Gasteiger partial charge in [0.1, 0.15) is 6.61 Å². The molecule has 0 bridgehead atoms. The molecule has 2 heterocycles. The number of aliphatic hydroxyl groups is 1. The average molecular weight is 560 g/mol. The maximum atomic E-state index is 13.5.